The molecule has 0 radical (unpaired) electrons. The van der Waals surface area contributed by atoms with Crippen molar-refractivity contribution in [2.24, 2.45) is 17.6 Å². The third-order valence-electron chi connectivity index (χ3n) is 3.64. The molecule has 1 aromatic rings. The van der Waals surface area contributed by atoms with Crippen molar-refractivity contribution < 1.29 is 4.52 Å². The van der Waals surface area contributed by atoms with E-state index in [4.69, 9.17) is 10.3 Å². The van der Waals surface area contributed by atoms with Gasteiger partial charge in [-0.15, -0.1) is 12.4 Å². The van der Waals surface area contributed by atoms with Crippen LogP contribution in [0.5, 0.6) is 0 Å². The predicted molar refractivity (Wildman–Crippen MR) is 81.8 cm³/mol. The van der Waals surface area contributed by atoms with Gasteiger partial charge in [0, 0.05) is 13.0 Å². The fourth-order valence-electron chi connectivity index (χ4n) is 2.76. The fourth-order valence-corrected chi connectivity index (χ4v) is 2.76. The molecule has 1 fully saturated rings. The van der Waals surface area contributed by atoms with E-state index in [1.165, 1.54) is 12.8 Å². The van der Waals surface area contributed by atoms with E-state index in [1.54, 1.807) is 0 Å². The lowest BCUT2D eigenvalue weighted by Crippen LogP contribution is -2.35. The Bertz CT molecular complexity index is 381. The number of hydrogen-bond acceptors (Lipinski definition) is 5. The molecule has 1 saturated heterocycles. The average Bonchev–Trinajstić information content (AvgIpc) is 2.76. The topological polar surface area (TPSA) is 68.2 Å². The normalized spacial score (nSPS) is 20.1. The summed E-state index contributed by atoms with van der Waals surface area (Å²) in [5.41, 5.74) is 5.65. The molecule has 20 heavy (non-hydrogen) atoms. The lowest BCUT2D eigenvalue weighted by Gasteiger charge is -2.31. The maximum Gasteiger partial charge on any atom is 0.240 e. The van der Waals surface area contributed by atoms with Crippen LogP contribution in [0.2, 0.25) is 0 Å². The molecule has 0 amide bonds. The minimum absolute atomic E-state index is 0. The molecule has 0 spiro atoms. The molecule has 6 heteroatoms. The lowest BCUT2D eigenvalue weighted by atomic mass is 9.95. The van der Waals surface area contributed by atoms with Crippen molar-refractivity contribution in [3.8, 4) is 0 Å². The Morgan fingerprint density at radius 3 is 2.95 bits per heavy atom. The van der Waals surface area contributed by atoms with Gasteiger partial charge in [-0.2, -0.15) is 4.98 Å². The van der Waals surface area contributed by atoms with Gasteiger partial charge in [-0.05, 0) is 44.2 Å². The van der Waals surface area contributed by atoms with Crippen LogP contribution in [0.4, 0.5) is 0 Å². The Morgan fingerprint density at radius 2 is 2.25 bits per heavy atom. The van der Waals surface area contributed by atoms with Crippen LogP contribution >= 0.6 is 12.4 Å². The maximum atomic E-state index is 5.65. The molecule has 1 aliphatic heterocycles. The van der Waals surface area contributed by atoms with Gasteiger partial charge < -0.3 is 10.3 Å². The lowest BCUT2D eigenvalue weighted by molar-refractivity contribution is 0.146. The second-order valence-corrected chi connectivity index (χ2v) is 6.02. The largest absolute Gasteiger partial charge is 0.338 e. The van der Waals surface area contributed by atoms with E-state index in [0.717, 1.165) is 56.7 Å². The molecule has 2 rings (SSSR count). The van der Waals surface area contributed by atoms with E-state index in [1.807, 2.05) is 0 Å². The van der Waals surface area contributed by atoms with Gasteiger partial charge in [-0.25, -0.2) is 0 Å². The summed E-state index contributed by atoms with van der Waals surface area (Å²) in [5.74, 6) is 2.88. The first-order valence-electron chi connectivity index (χ1n) is 7.41. The number of nitrogens with zero attached hydrogens (tertiary/aromatic N) is 3. The Balaban J connectivity index is 0.00000200. The highest BCUT2D eigenvalue weighted by Crippen LogP contribution is 2.20. The SMILES string of the molecule is CC(C)Cc1noc(CN2CCCC(CCN)C2)n1.Cl. The van der Waals surface area contributed by atoms with Gasteiger partial charge in [-0.3, -0.25) is 4.90 Å². The first kappa shape index (κ1) is 17.4. The summed E-state index contributed by atoms with van der Waals surface area (Å²) in [6, 6.07) is 0. The van der Waals surface area contributed by atoms with Crippen LogP contribution in [-0.2, 0) is 13.0 Å². The van der Waals surface area contributed by atoms with Crippen LogP contribution in [0.1, 0.15) is 44.8 Å². The molecule has 0 aromatic carbocycles. The van der Waals surface area contributed by atoms with Crippen molar-refractivity contribution in [1.82, 2.24) is 15.0 Å². The van der Waals surface area contributed by atoms with Crippen molar-refractivity contribution in [2.45, 2.75) is 46.1 Å². The summed E-state index contributed by atoms with van der Waals surface area (Å²) in [6.45, 7) is 8.14. The molecule has 5 nitrogen and oxygen atoms in total. The summed E-state index contributed by atoms with van der Waals surface area (Å²) in [6.07, 6.45) is 4.56. The third kappa shape index (κ3) is 5.38. The van der Waals surface area contributed by atoms with Crippen LogP contribution in [0.3, 0.4) is 0 Å². The molecule has 1 unspecified atom stereocenters. The highest BCUT2D eigenvalue weighted by Gasteiger charge is 2.21. The minimum atomic E-state index is 0. The molecule has 0 aliphatic carbocycles. The number of piperidine rings is 1. The number of rotatable bonds is 6. The second-order valence-electron chi connectivity index (χ2n) is 6.02. The summed E-state index contributed by atoms with van der Waals surface area (Å²) in [5, 5.41) is 4.04. The standard InChI is InChI=1S/C14H26N4O.ClH/c1-11(2)8-13-16-14(19-17-13)10-18-7-3-4-12(9-18)5-6-15;/h11-12H,3-10,15H2,1-2H3;1H. The van der Waals surface area contributed by atoms with Gasteiger partial charge in [0.1, 0.15) is 0 Å². The van der Waals surface area contributed by atoms with Crippen LogP contribution in [0, 0.1) is 11.8 Å². The molecule has 1 atom stereocenters. The molecule has 2 heterocycles. The molecule has 0 saturated carbocycles. The Labute approximate surface area is 127 Å². The summed E-state index contributed by atoms with van der Waals surface area (Å²) in [7, 11) is 0. The number of hydrogen-bond donors (Lipinski definition) is 1. The smallest absolute Gasteiger partial charge is 0.240 e. The predicted octanol–water partition coefficient (Wildman–Crippen LogP) is 2.25. The van der Waals surface area contributed by atoms with Gasteiger partial charge in [0.15, 0.2) is 5.82 Å². The minimum Gasteiger partial charge on any atom is -0.338 e. The van der Waals surface area contributed by atoms with Crippen molar-refractivity contribution in [2.75, 3.05) is 19.6 Å². The van der Waals surface area contributed by atoms with Gasteiger partial charge in [0.2, 0.25) is 5.89 Å². The third-order valence-corrected chi connectivity index (χ3v) is 3.64. The zero-order valence-corrected chi connectivity index (χ0v) is 13.4. The van der Waals surface area contributed by atoms with E-state index < -0.39 is 0 Å². The first-order chi connectivity index (χ1) is 9.17. The number of aromatic nitrogens is 2. The molecule has 0 bridgehead atoms. The molecule has 1 aromatic heterocycles. The second kappa shape index (κ2) is 8.60. The Morgan fingerprint density at radius 1 is 1.45 bits per heavy atom. The van der Waals surface area contributed by atoms with Crippen molar-refractivity contribution in [1.29, 1.82) is 0 Å². The monoisotopic (exact) mass is 302 g/mol. The summed E-state index contributed by atoms with van der Waals surface area (Å²) in [4.78, 5) is 6.88. The van der Waals surface area contributed by atoms with Crippen LogP contribution in [-0.4, -0.2) is 34.7 Å². The molecule has 1 aliphatic rings. The van der Waals surface area contributed by atoms with E-state index in [9.17, 15) is 0 Å². The van der Waals surface area contributed by atoms with E-state index in [0.29, 0.717) is 5.92 Å². The highest BCUT2D eigenvalue weighted by molar-refractivity contribution is 5.85. The average molecular weight is 303 g/mol. The van der Waals surface area contributed by atoms with Crippen molar-refractivity contribution in [3.63, 3.8) is 0 Å². The molecular weight excluding hydrogens is 276 g/mol. The highest BCUT2D eigenvalue weighted by atomic mass is 35.5. The number of nitrogens with two attached hydrogens (primary N) is 1. The van der Waals surface area contributed by atoms with Crippen LogP contribution in [0.25, 0.3) is 0 Å². The van der Waals surface area contributed by atoms with Crippen LogP contribution < -0.4 is 5.73 Å². The number of halogens is 1. The first-order valence-corrected chi connectivity index (χ1v) is 7.41. The van der Waals surface area contributed by atoms with E-state index >= 15 is 0 Å². The molecular formula is C14H27ClN4O. The van der Waals surface area contributed by atoms with Crippen molar-refractivity contribution in [3.05, 3.63) is 11.7 Å². The Hall–Kier alpha value is -0.650. The summed E-state index contributed by atoms with van der Waals surface area (Å²) >= 11 is 0. The number of likely N-dealkylation sites (tertiary alicyclic amines) is 1. The Kier molecular flexibility index (Phi) is 7.48. The zero-order valence-electron chi connectivity index (χ0n) is 12.5. The summed E-state index contributed by atoms with van der Waals surface area (Å²) < 4.78 is 5.34. The van der Waals surface area contributed by atoms with E-state index in [2.05, 4.69) is 28.9 Å². The quantitative estimate of drug-likeness (QED) is 0.873. The maximum absolute atomic E-state index is 5.65. The van der Waals surface area contributed by atoms with Gasteiger partial charge in [0.25, 0.3) is 0 Å². The van der Waals surface area contributed by atoms with Crippen LogP contribution in [0.15, 0.2) is 4.52 Å². The van der Waals surface area contributed by atoms with Crippen molar-refractivity contribution >= 4 is 12.4 Å². The fraction of sp³-hybridized carbons (Fsp3) is 0.857. The van der Waals surface area contributed by atoms with Gasteiger partial charge >= 0.3 is 0 Å². The zero-order chi connectivity index (χ0) is 13.7. The van der Waals surface area contributed by atoms with Gasteiger partial charge in [-0.1, -0.05) is 19.0 Å². The van der Waals surface area contributed by atoms with Gasteiger partial charge in [0.05, 0.1) is 6.54 Å². The molecule has 2 N–H and O–H groups in total. The van der Waals surface area contributed by atoms with E-state index in [-0.39, 0.29) is 12.4 Å². The molecule has 116 valence electrons.